The standard InChI is InChI=1S/C17H29N2O2/c1-17(2,3)12-20-14-7-8-16(18-11-14)21-15-9-13(10-15)19(4,5)6/h7-8,11,13,15H,9-10,12H2,1-6H3/q+1. The van der Waals surface area contributed by atoms with Crippen molar-refractivity contribution in [2.45, 2.75) is 45.8 Å². The molecule has 0 saturated heterocycles. The zero-order chi connectivity index (χ0) is 15.7. The number of pyridine rings is 1. The van der Waals surface area contributed by atoms with Crippen molar-refractivity contribution in [1.29, 1.82) is 0 Å². The lowest BCUT2D eigenvalue weighted by molar-refractivity contribution is -0.903. The summed E-state index contributed by atoms with van der Waals surface area (Å²) in [5, 5.41) is 0. The molecule has 0 amide bonds. The molecule has 1 aromatic heterocycles. The van der Waals surface area contributed by atoms with E-state index in [4.69, 9.17) is 9.47 Å². The van der Waals surface area contributed by atoms with Gasteiger partial charge in [0.05, 0.1) is 40.0 Å². The molecule has 1 heterocycles. The van der Waals surface area contributed by atoms with Gasteiger partial charge >= 0.3 is 0 Å². The van der Waals surface area contributed by atoms with Crippen LogP contribution in [0, 0.1) is 5.41 Å². The zero-order valence-corrected chi connectivity index (χ0v) is 14.2. The predicted molar refractivity (Wildman–Crippen MR) is 84.7 cm³/mol. The van der Waals surface area contributed by atoms with Crippen molar-refractivity contribution in [3.63, 3.8) is 0 Å². The van der Waals surface area contributed by atoms with E-state index in [9.17, 15) is 0 Å². The molecule has 1 aliphatic carbocycles. The van der Waals surface area contributed by atoms with E-state index in [1.807, 2.05) is 12.1 Å². The Bertz CT molecular complexity index is 451. The van der Waals surface area contributed by atoms with Gasteiger partial charge in [-0.25, -0.2) is 4.98 Å². The maximum absolute atomic E-state index is 5.90. The molecule has 0 spiro atoms. The van der Waals surface area contributed by atoms with Gasteiger partial charge in [0.15, 0.2) is 0 Å². The first kappa shape index (κ1) is 16.1. The Hall–Kier alpha value is -1.29. The summed E-state index contributed by atoms with van der Waals surface area (Å²) in [6.07, 6.45) is 4.26. The summed E-state index contributed by atoms with van der Waals surface area (Å²) in [5.74, 6) is 1.50. The minimum absolute atomic E-state index is 0.154. The Labute approximate surface area is 128 Å². The van der Waals surface area contributed by atoms with Gasteiger partial charge in [0.2, 0.25) is 5.88 Å². The van der Waals surface area contributed by atoms with Crippen LogP contribution in [0.2, 0.25) is 0 Å². The van der Waals surface area contributed by atoms with Gasteiger partial charge in [-0.2, -0.15) is 0 Å². The number of rotatable bonds is 5. The summed E-state index contributed by atoms with van der Waals surface area (Å²) in [7, 11) is 6.71. The van der Waals surface area contributed by atoms with E-state index in [-0.39, 0.29) is 5.41 Å². The largest absolute Gasteiger partial charge is 0.491 e. The smallest absolute Gasteiger partial charge is 0.213 e. The molecule has 0 bridgehead atoms. The quantitative estimate of drug-likeness (QED) is 0.782. The van der Waals surface area contributed by atoms with Crippen molar-refractivity contribution in [3.05, 3.63) is 18.3 Å². The molecule has 1 fully saturated rings. The lowest BCUT2D eigenvalue weighted by Gasteiger charge is -2.43. The van der Waals surface area contributed by atoms with Crippen LogP contribution in [-0.2, 0) is 0 Å². The van der Waals surface area contributed by atoms with Crippen LogP contribution in [0.1, 0.15) is 33.6 Å². The van der Waals surface area contributed by atoms with Gasteiger partial charge in [-0.05, 0) is 11.5 Å². The number of ether oxygens (including phenoxy) is 2. The molecule has 2 rings (SSSR count). The number of hydrogen-bond donors (Lipinski definition) is 0. The Morgan fingerprint density at radius 1 is 1.19 bits per heavy atom. The second kappa shape index (κ2) is 5.84. The van der Waals surface area contributed by atoms with Gasteiger partial charge in [0.1, 0.15) is 11.9 Å². The molecule has 0 aliphatic heterocycles. The normalized spacial score (nSPS) is 22.6. The van der Waals surface area contributed by atoms with Gasteiger partial charge < -0.3 is 14.0 Å². The fraction of sp³-hybridized carbons (Fsp3) is 0.706. The number of quaternary nitrogens is 1. The third-order valence-corrected chi connectivity index (χ3v) is 3.83. The molecule has 1 aromatic rings. The molecular formula is C17H29N2O2+. The van der Waals surface area contributed by atoms with Crippen molar-refractivity contribution in [2.75, 3.05) is 27.7 Å². The molecule has 4 nitrogen and oxygen atoms in total. The number of nitrogens with zero attached hydrogens (tertiary/aromatic N) is 2. The fourth-order valence-electron chi connectivity index (χ4n) is 2.26. The Morgan fingerprint density at radius 3 is 2.33 bits per heavy atom. The molecule has 0 N–H and O–H groups in total. The third kappa shape index (κ3) is 4.88. The average molecular weight is 293 g/mol. The highest BCUT2D eigenvalue weighted by molar-refractivity contribution is 5.23. The van der Waals surface area contributed by atoms with Crippen LogP contribution in [0.25, 0.3) is 0 Å². The molecular weight excluding hydrogens is 264 g/mol. The molecule has 0 unspecified atom stereocenters. The molecule has 1 aliphatic rings. The summed E-state index contributed by atoms with van der Waals surface area (Å²) in [6.45, 7) is 7.14. The van der Waals surface area contributed by atoms with E-state index in [1.165, 1.54) is 0 Å². The molecule has 1 saturated carbocycles. The Kier molecular flexibility index (Phi) is 4.47. The molecule has 0 radical (unpaired) electrons. The molecule has 4 heteroatoms. The van der Waals surface area contributed by atoms with Crippen molar-refractivity contribution in [3.8, 4) is 11.6 Å². The van der Waals surface area contributed by atoms with Crippen LogP contribution >= 0.6 is 0 Å². The van der Waals surface area contributed by atoms with Crippen LogP contribution in [0.5, 0.6) is 11.6 Å². The van der Waals surface area contributed by atoms with Crippen molar-refractivity contribution in [2.24, 2.45) is 5.41 Å². The van der Waals surface area contributed by atoms with Crippen LogP contribution in [-0.4, -0.2) is 49.4 Å². The van der Waals surface area contributed by atoms with Crippen LogP contribution in [0.3, 0.4) is 0 Å². The van der Waals surface area contributed by atoms with Crippen molar-refractivity contribution >= 4 is 0 Å². The Morgan fingerprint density at radius 2 is 1.86 bits per heavy atom. The van der Waals surface area contributed by atoms with Gasteiger partial charge in [-0.15, -0.1) is 0 Å². The van der Waals surface area contributed by atoms with E-state index in [2.05, 4.69) is 46.9 Å². The third-order valence-electron chi connectivity index (χ3n) is 3.83. The van der Waals surface area contributed by atoms with Gasteiger partial charge in [0, 0.05) is 18.9 Å². The predicted octanol–water partition coefficient (Wildman–Crippen LogP) is 3.12. The maximum atomic E-state index is 5.90. The minimum Gasteiger partial charge on any atom is -0.491 e. The van der Waals surface area contributed by atoms with E-state index in [1.54, 1.807) is 6.20 Å². The summed E-state index contributed by atoms with van der Waals surface area (Å²) in [6, 6.07) is 4.53. The number of aromatic nitrogens is 1. The highest BCUT2D eigenvalue weighted by Gasteiger charge is 2.40. The summed E-state index contributed by atoms with van der Waals surface area (Å²) < 4.78 is 12.6. The molecule has 0 atom stereocenters. The SMILES string of the molecule is CC(C)(C)COc1ccc(OC2CC([N+](C)(C)C)C2)nc1. The van der Waals surface area contributed by atoms with Gasteiger partial charge in [0.25, 0.3) is 0 Å². The lowest BCUT2D eigenvalue weighted by Crippen LogP contribution is -2.55. The average Bonchev–Trinajstić information content (AvgIpc) is 2.29. The van der Waals surface area contributed by atoms with E-state index < -0.39 is 0 Å². The van der Waals surface area contributed by atoms with Gasteiger partial charge in [-0.1, -0.05) is 20.8 Å². The van der Waals surface area contributed by atoms with Crippen molar-refractivity contribution < 1.29 is 14.0 Å². The first-order valence-electron chi connectivity index (χ1n) is 7.70. The summed E-state index contributed by atoms with van der Waals surface area (Å²) in [4.78, 5) is 4.34. The maximum Gasteiger partial charge on any atom is 0.213 e. The first-order chi connectivity index (χ1) is 9.63. The summed E-state index contributed by atoms with van der Waals surface area (Å²) in [5.41, 5.74) is 0.154. The minimum atomic E-state index is 0.154. The lowest BCUT2D eigenvalue weighted by atomic mass is 9.87. The highest BCUT2D eigenvalue weighted by Crippen LogP contribution is 2.31. The molecule has 0 aromatic carbocycles. The highest BCUT2D eigenvalue weighted by atomic mass is 16.5. The van der Waals surface area contributed by atoms with Crippen molar-refractivity contribution in [1.82, 2.24) is 4.98 Å². The summed E-state index contributed by atoms with van der Waals surface area (Å²) >= 11 is 0. The van der Waals surface area contributed by atoms with E-state index >= 15 is 0 Å². The topological polar surface area (TPSA) is 31.4 Å². The van der Waals surface area contributed by atoms with E-state index in [0.29, 0.717) is 24.6 Å². The molecule has 118 valence electrons. The van der Waals surface area contributed by atoms with Crippen LogP contribution in [0.15, 0.2) is 18.3 Å². The second-order valence-electron chi connectivity index (χ2n) is 8.16. The number of hydrogen-bond acceptors (Lipinski definition) is 3. The zero-order valence-electron chi connectivity index (χ0n) is 14.2. The molecule has 21 heavy (non-hydrogen) atoms. The monoisotopic (exact) mass is 293 g/mol. The Balaban J connectivity index is 1.79. The van der Waals surface area contributed by atoms with Crippen LogP contribution < -0.4 is 9.47 Å². The van der Waals surface area contributed by atoms with Gasteiger partial charge in [-0.3, -0.25) is 0 Å². The fourth-order valence-corrected chi connectivity index (χ4v) is 2.26. The van der Waals surface area contributed by atoms with Crippen LogP contribution in [0.4, 0.5) is 0 Å². The first-order valence-corrected chi connectivity index (χ1v) is 7.70. The second-order valence-corrected chi connectivity index (χ2v) is 8.16. The van der Waals surface area contributed by atoms with E-state index in [0.717, 1.165) is 23.1 Å².